The van der Waals surface area contributed by atoms with Gasteiger partial charge in [-0.3, -0.25) is 4.79 Å². The van der Waals surface area contributed by atoms with Crippen LogP contribution in [-0.4, -0.2) is 48.7 Å². The Labute approximate surface area is 104 Å². The molecule has 1 N–H and O–H groups in total. The highest BCUT2D eigenvalue weighted by Crippen LogP contribution is 2.27. The van der Waals surface area contributed by atoms with Crippen LogP contribution >= 0.6 is 0 Å². The van der Waals surface area contributed by atoms with Crippen LogP contribution in [0.2, 0.25) is 0 Å². The van der Waals surface area contributed by atoms with E-state index in [9.17, 15) is 4.79 Å². The van der Waals surface area contributed by atoms with E-state index in [0.29, 0.717) is 12.6 Å². The Morgan fingerprint density at radius 2 is 2.00 bits per heavy atom. The number of nitrogens with zero attached hydrogens (tertiary/aromatic N) is 1. The summed E-state index contributed by atoms with van der Waals surface area (Å²) >= 11 is 0. The number of hydrogen-bond acceptors (Lipinski definition) is 4. The summed E-state index contributed by atoms with van der Waals surface area (Å²) < 4.78 is 5.29. The van der Waals surface area contributed by atoms with Crippen molar-refractivity contribution in [1.82, 2.24) is 10.2 Å². The fourth-order valence-corrected chi connectivity index (χ4v) is 2.79. The molecule has 98 valence electrons. The lowest BCUT2D eigenvalue weighted by atomic mass is 9.84. The average molecular weight is 240 g/mol. The molecule has 3 aliphatic rings. The number of piperidine rings is 3. The van der Waals surface area contributed by atoms with Gasteiger partial charge in [0.15, 0.2) is 0 Å². The number of fused-ring (bicyclic) bond motifs is 3. The Balaban J connectivity index is 1.73. The Kier molecular flexibility index (Phi) is 3.73. The minimum absolute atomic E-state index is 0.144. The zero-order chi connectivity index (χ0) is 12.5. The largest absolute Gasteiger partial charge is 0.459 e. The smallest absolute Gasteiger partial charge is 0.320 e. The van der Waals surface area contributed by atoms with Gasteiger partial charge in [0.2, 0.25) is 0 Å². The SMILES string of the molecule is CC(C)(C)OC(=O)CNC1CN2CCC1CC2. The fourth-order valence-electron chi connectivity index (χ4n) is 2.79. The van der Waals surface area contributed by atoms with Crippen molar-refractivity contribution in [2.75, 3.05) is 26.2 Å². The summed E-state index contributed by atoms with van der Waals surface area (Å²) in [6.07, 6.45) is 2.54. The summed E-state index contributed by atoms with van der Waals surface area (Å²) in [6, 6.07) is 0.477. The van der Waals surface area contributed by atoms with Gasteiger partial charge in [0.1, 0.15) is 5.60 Å². The van der Waals surface area contributed by atoms with Crippen molar-refractivity contribution >= 4 is 5.97 Å². The summed E-state index contributed by atoms with van der Waals surface area (Å²) in [5.41, 5.74) is -0.381. The molecule has 4 nitrogen and oxygen atoms in total. The minimum atomic E-state index is -0.381. The standard InChI is InChI=1S/C13H24N2O2/c1-13(2,3)17-12(16)8-14-11-9-15-6-4-10(11)5-7-15/h10-11,14H,4-9H2,1-3H3. The molecule has 17 heavy (non-hydrogen) atoms. The van der Waals surface area contributed by atoms with Crippen LogP contribution in [0.25, 0.3) is 0 Å². The third-order valence-electron chi connectivity index (χ3n) is 3.58. The molecule has 1 unspecified atom stereocenters. The molecule has 3 saturated heterocycles. The first-order valence-electron chi connectivity index (χ1n) is 6.61. The van der Waals surface area contributed by atoms with E-state index in [4.69, 9.17) is 4.74 Å². The quantitative estimate of drug-likeness (QED) is 0.748. The predicted octanol–water partition coefficient (Wildman–Crippen LogP) is 1.01. The highest BCUT2D eigenvalue weighted by Gasteiger charge is 2.34. The van der Waals surface area contributed by atoms with Crippen LogP contribution in [0.5, 0.6) is 0 Å². The molecule has 1 atom stereocenters. The summed E-state index contributed by atoms with van der Waals surface area (Å²) in [7, 11) is 0. The lowest BCUT2D eigenvalue weighted by Gasteiger charge is -2.45. The fraction of sp³-hybridized carbons (Fsp3) is 0.923. The van der Waals surface area contributed by atoms with Crippen LogP contribution < -0.4 is 5.32 Å². The summed E-state index contributed by atoms with van der Waals surface area (Å²) in [5, 5.41) is 3.36. The van der Waals surface area contributed by atoms with E-state index >= 15 is 0 Å². The van der Waals surface area contributed by atoms with Gasteiger partial charge in [-0.25, -0.2) is 0 Å². The third kappa shape index (κ3) is 3.68. The van der Waals surface area contributed by atoms with Gasteiger partial charge >= 0.3 is 5.97 Å². The molecule has 2 bridgehead atoms. The third-order valence-corrected chi connectivity index (χ3v) is 3.58. The van der Waals surface area contributed by atoms with Crippen LogP contribution in [0.4, 0.5) is 0 Å². The Morgan fingerprint density at radius 3 is 2.47 bits per heavy atom. The summed E-state index contributed by atoms with van der Waals surface area (Å²) in [4.78, 5) is 14.1. The van der Waals surface area contributed by atoms with Crippen molar-refractivity contribution in [3.05, 3.63) is 0 Å². The minimum Gasteiger partial charge on any atom is -0.459 e. The van der Waals surface area contributed by atoms with Gasteiger partial charge < -0.3 is 15.0 Å². The first-order chi connectivity index (χ1) is 7.94. The maximum absolute atomic E-state index is 11.6. The van der Waals surface area contributed by atoms with Crippen LogP contribution in [0.1, 0.15) is 33.6 Å². The second-order valence-electron chi connectivity index (χ2n) is 6.21. The molecule has 0 amide bonds. The van der Waals surface area contributed by atoms with Gasteiger partial charge in [0.25, 0.3) is 0 Å². The summed E-state index contributed by atoms with van der Waals surface area (Å²) in [5.74, 6) is 0.608. The lowest BCUT2D eigenvalue weighted by molar-refractivity contribution is -0.154. The molecule has 4 heteroatoms. The van der Waals surface area contributed by atoms with Crippen LogP contribution in [0.15, 0.2) is 0 Å². The van der Waals surface area contributed by atoms with Crippen molar-refractivity contribution in [3.63, 3.8) is 0 Å². The Morgan fingerprint density at radius 1 is 1.35 bits per heavy atom. The molecule has 0 radical (unpaired) electrons. The van der Waals surface area contributed by atoms with Gasteiger partial charge in [-0.05, 0) is 52.6 Å². The van der Waals surface area contributed by atoms with E-state index < -0.39 is 0 Å². The topological polar surface area (TPSA) is 41.6 Å². The molecule has 0 spiro atoms. The van der Waals surface area contributed by atoms with Crippen LogP contribution in [0, 0.1) is 5.92 Å². The first-order valence-corrected chi connectivity index (χ1v) is 6.61. The predicted molar refractivity (Wildman–Crippen MR) is 66.8 cm³/mol. The molecule has 0 aliphatic carbocycles. The highest BCUT2D eigenvalue weighted by atomic mass is 16.6. The number of carbonyl (C=O) groups is 1. The molecule has 0 aromatic rings. The van der Waals surface area contributed by atoms with E-state index in [2.05, 4.69) is 10.2 Å². The molecule has 0 aromatic heterocycles. The van der Waals surface area contributed by atoms with E-state index in [1.165, 1.54) is 25.9 Å². The monoisotopic (exact) mass is 240 g/mol. The van der Waals surface area contributed by atoms with Crippen molar-refractivity contribution in [1.29, 1.82) is 0 Å². The number of esters is 1. The van der Waals surface area contributed by atoms with Gasteiger partial charge in [0.05, 0.1) is 6.54 Å². The number of carbonyl (C=O) groups excluding carboxylic acids is 1. The Hall–Kier alpha value is -0.610. The zero-order valence-corrected chi connectivity index (χ0v) is 11.2. The van der Waals surface area contributed by atoms with E-state index in [1.54, 1.807) is 0 Å². The molecular formula is C13H24N2O2. The first kappa shape index (κ1) is 12.8. The van der Waals surface area contributed by atoms with Crippen LogP contribution in [-0.2, 0) is 9.53 Å². The molecular weight excluding hydrogens is 216 g/mol. The van der Waals surface area contributed by atoms with Gasteiger partial charge in [-0.15, -0.1) is 0 Å². The second kappa shape index (κ2) is 4.94. The number of ether oxygens (including phenoxy) is 1. The molecule has 3 heterocycles. The van der Waals surface area contributed by atoms with E-state index in [-0.39, 0.29) is 11.6 Å². The number of rotatable bonds is 3. The van der Waals surface area contributed by atoms with Gasteiger partial charge in [0, 0.05) is 12.6 Å². The Bertz CT molecular complexity index is 278. The molecule has 3 fully saturated rings. The molecule has 0 aromatic carbocycles. The lowest BCUT2D eigenvalue weighted by Crippen LogP contribution is -2.56. The maximum atomic E-state index is 11.6. The van der Waals surface area contributed by atoms with Crippen molar-refractivity contribution in [2.45, 2.75) is 45.3 Å². The highest BCUT2D eigenvalue weighted by molar-refractivity contribution is 5.72. The maximum Gasteiger partial charge on any atom is 0.320 e. The summed E-state index contributed by atoms with van der Waals surface area (Å²) in [6.45, 7) is 9.60. The number of nitrogens with one attached hydrogen (secondary N) is 1. The molecule has 3 aliphatic heterocycles. The van der Waals surface area contributed by atoms with Crippen molar-refractivity contribution in [3.8, 4) is 0 Å². The van der Waals surface area contributed by atoms with Crippen LogP contribution in [0.3, 0.4) is 0 Å². The van der Waals surface area contributed by atoms with Crippen molar-refractivity contribution in [2.24, 2.45) is 5.92 Å². The second-order valence-corrected chi connectivity index (χ2v) is 6.21. The van der Waals surface area contributed by atoms with Gasteiger partial charge in [-0.1, -0.05) is 0 Å². The zero-order valence-electron chi connectivity index (χ0n) is 11.2. The molecule has 3 rings (SSSR count). The molecule has 0 saturated carbocycles. The normalized spacial score (nSPS) is 32.5. The number of hydrogen-bond donors (Lipinski definition) is 1. The average Bonchev–Trinajstić information content (AvgIpc) is 2.26. The van der Waals surface area contributed by atoms with Crippen molar-refractivity contribution < 1.29 is 9.53 Å². The van der Waals surface area contributed by atoms with Gasteiger partial charge in [-0.2, -0.15) is 0 Å². The van der Waals surface area contributed by atoms with E-state index in [1.807, 2.05) is 20.8 Å². The van der Waals surface area contributed by atoms with E-state index in [0.717, 1.165) is 12.5 Å².